The van der Waals surface area contributed by atoms with Crippen molar-refractivity contribution < 1.29 is 9.90 Å². The molecule has 0 heterocycles. The smallest absolute Gasteiger partial charge is 0.231 e. The largest absolute Gasteiger partial charge is 0.385 e. The number of aliphatic hydroxyl groups is 1. The lowest BCUT2D eigenvalue weighted by Crippen LogP contribution is -2.35. The van der Waals surface area contributed by atoms with Crippen molar-refractivity contribution in [1.29, 1.82) is 0 Å². The molecule has 0 radical (unpaired) electrons. The standard InChI is InChI=1S/C8H9ClO2/c1-8(11)5-3-2-4-6(8)7(9)10/h2-6,11H,1H3. The maximum absolute atomic E-state index is 10.7. The lowest BCUT2D eigenvalue weighted by Gasteiger charge is -2.26. The second-order valence-corrected chi connectivity index (χ2v) is 3.12. The van der Waals surface area contributed by atoms with E-state index in [2.05, 4.69) is 0 Å². The molecule has 11 heavy (non-hydrogen) atoms. The summed E-state index contributed by atoms with van der Waals surface area (Å²) in [6, 6.07) is 0. The molecule has 1 N–H and O–H groups in total. The van der Waals surface area contributed by atoms with Crippen molar-refractivity contribution in [1.82, 2.24) is 0 Å². The first-order valence-corrected chi connectivity index (χ1v) is 3.69. The van der Waals surface area contributed by atoms with Gasteiger partial charge in [0.15, 0.2) is 0 Å². The third kappa shape index (κ3) is 1.70. The van der Waals surface area contributed by atoms with Gasteiger partial charge in [0.25, 0.3) is 0 Å². The summed E-state index contributed by atoms with van der Waals surface area (Å²) in [7, 11) is 0. The molecule has 1 rings (SSSR count). The topological polar surface area (TPSA) is 37.3 Å². The molecule has 0 aliphatic heterocycles. The van der Waals surface area contributed by atoms with Crippen molar-refractivity contribution in [3.63, 3.8) is 0 Å². The lowest BCUT2D eigenvalue weighted by molar-refractivity contribution is -0.118. The van der Waals surface area contributed by atoms with Crippen molar-refractivity contribution in [2.45, 2.75) is 12.5 Å². The van der Waals surface area contributed by atoms with Gasteiger partial charge < -0.3 is 5.11 Å². The number of carbonyl (C=O) groups is 1. The number of rotatable bonds is 1. The van der Waals surface area contributed by atoms with Crippen molar-refractivity contribution >= 4 is 16.8 Å². The summed E-state index contributed by atoms with van der Waals surface area (Å²) in [6.45, 7) is 1.55. The summed E-state index contributed by atoms with van der Waals surface area (Å²) < 4.78 is 0. The molecule has 0 amide bonds. The molecule has 0 bridgehead atoms. The van der Waals surface area contributed by atoms with E-state index in [9.17, 15) is 9.90 Å². The van der Waals surface area contributed by atoms with Crippen LogP contribution < -0.4 is 0 Å². The van der Waals surface area contributed by atoms with E-state index >= 15 is 0 Å². The molecule has 2 unspecified atom stereocenters. The van der Waals surface area contributed by atoms with Crippen molar-refractivity contribution in [3.05, 3.63) is 24.3 Å². The fraction of sp³-hybridized carbons (Fsp3) is 0.375. The van der Waals surface area contributed by atoms with Crippen LogP contribution in [0.2, 0.25) is 0 Å². The SMILES string of the molecule is CC1(O)C=CC=CC1C(=O)Cl. The molecule has 60 valence electrons. The predicted octanol–water partition coefficient (Wildman–Crippen LogP) is 1.24. The fourth-order valence-corrected chi connectivity index (χ4v) is 1.32. The first-order valence-electron chi connectivity index (χ1n) is 3.32. The van der Waals surface area contributed by atoms with Crippen LogP contribution in [0.5, 0.6) is 0 Å². The van der Waals surface area contributed by atoms with Crippen LogP contribution in [-0.2, 0) is 4.79 Å². The fourth-order valence-electron chi connectivity index (χ4n) is 1.03. The molecule has 0 aromatic carbocycles. The average Bonchev–Trinajstić information content (AvgIpc) is 1.85. The van der Waals surface area contributed by atoms with Gasteiger partial charge in [0.1, 0.15) is 0 Å². The van der Waals surface area contributed by atoms with Crippen LogP contribution in [0.4, 0.5) is 0 Å². The van der Waals surface area contributed by atoms with Crippen molar-refractivity contribution in [3.8, 4) is 0 Å². The molecule has 0 spiro atoms. The van der Waals surface area contributed by atoms with Gasteiger partial charge in [-0.3, -0.25) is 4.79 Å². The van der Waals surface area contributed by atoms with Gasteiger partial charge in [0.2, 0.25) is 5.24 Å². The van der Waals surface area contributed by atoms with Gasteiger partial charge in [0.05, 0.1) is 11.5 Å². The van der Waals surface area contributed by atoms with Gasteiger partial charge in [0, 0.05) is 0 Å². The molecule has 1 aliphatic carbocycles. The van der Waals surface area contributed by atoms with E-state index in [0.29, 0.717) is 0 Å². The number of hydrogen-bond acceptors (Lipinski definition) is 2. The van der Waals surface area contributed by atoms with E-state index in [-0.39, 0.29) is 0 Å². The third-order valence-corrected chi connectivity index (χ3v) is 1.96. The maximum Gasteiger partial charge on any atom is 0.231 e. The number of hydrogen-bond donors (Lipinski definition) is 1. The lowest BCUT2D eigenvalue weighted by atomic mass is 9.86. The molecule has 0 saturated heterocycles. The highest BCUT2D eigenvalue weighted by Crippen LogP contribution is 2.25. The van der Waals surface area contributed by atoms with Gasteiger partial charge in [-0.1, -0.05) is 24.3 Å². The Kier molecular flexibility index (Phi) is 2.16. The van der Waals surface area contributed by atoms with Gasteiger partial charge >= 0.3 is 0 Å². The maximum atomic E-state index is 10.7. The van der Waals surface area contributed by atoms with Crippen LogP contribution in [0, 0.1) is 5.92 Å². The van der Waals surface area contributed by atoms with Crippen LogP contribution in [0.25, 0.3) is 0 Å². The van der Waals surface area contributed by atoms with Crippen molar-refractivity contribution in [2.24, 2.45) is 5.92 Å². The minimum Gasteiger partial charge on any atom is -0.385 e. The Morgan fingerprint density at radius 2 is 2.27 bits per heavy atom. The summed E-state index contributed by atoms with van der Waals surface area (Å²) in [5, 5.41) is 9.03. The highest BCUT2D eigenvalue weighted by atomic mass is 35.5. The molecule has 0 aromatic rings. The van der Waals surface area contributed by atoms with Crippen LogP contribution in [0.15, 0.2) is 24.3 Å². The normalized spacial score (nSPS) is 35.7. The zero-order valence-corrected chi connectivity index (χ0v) is 6.88. The molecular weight excluding hydrogens is 164 g/mol. The Morgan fingerprint density at radius 3 is 2.64 bits per heavy atom. The van der Waals surface area contributed by atoms with Crippen molar-refractivity contribution in [2.75, 3.05) is 0 Å². The minimum atomic E-state index is -1.13. The van der Waals surface area contributed by atoms with Gasteiger partial charge in [-0.25, -0.2) is 0 Å². The van der Waals surface area contributed by atoms with Gasteiger partial charge in [-0.15, -0.1) is 0 Å². The summed E-state index contributed by atoms with van der Waals surface area (Å²) in [4.78, 5) is 10.7. The third-order valence-electron chi connectivity index (χ3n) is 1.72. The van der Waals surface area contributed by atoms with E-state index in [4.69, 9.17) is 11.6 Å². The Balaban J connectivity index is 2.89. The first-order chi connectivity index (χ1) is 5.04. The number of allylic oxidation sites excluding steroid dienone is 2. The Hall–Kier alpha value is -0.600. The highest BCUT2D eigenvalue weighted by molar-refractivity contribution is 6.64. The van der Waals surface area contributed by atoms with Gasteiger partial charge in [-0.2, -0.15) is 0 Å². The van der Waals surface area contributed by atoms with E-state index in [1.54, 1.807) is 31.2 Å². The molecular formula is C8H9ClO2. The predicted molar refractivity (Wildman–Crippen MR) is 43.3 cm³/mol. The Morgan fingerprint density at radius 1 is 1.64 bits per heavy atom. The van der Waals surface area contributed by atoms with Crippen LogP contribution in [-0.4, -0.2) is 16.0 Å². The van der Waals surface area contributed by atoms with E-state index in [1.165, 1.54) is 0 Å². The van der Waals surface area contributed by atoms with Crippen LogP contribution >= 0.6 is 11.6 Å². The molecule has 2 atom stereocenters. The minimum absolute atomic E-state index is 0.532. The van der Waals surface area contributed by atoms with E-state index in [0.717, 1.165) is 0 Å². The molecule has 3 heteroatoms. The average molecular weight is 173 g/mol. The Bertz CT molecular complexity index is 228. The highest BCUT2D eigenvalue weighted by Gasteiger charge is 2.33. The second kappa shape index (κ2) is 2.80. The number of carbonyl (C=O) groups excluding carboxylic acids is 1. The Labute approximate surface area is 70.2 Å². The summed E-state index contributed by atoms with van der Waals surface area (Å²) >= 11 is 5.26. The molecule has 0 fully saturated rings. The first kappa shape index (κ1) is 8.50. The van der Waals surface area contributed by atoms with Crippen LogP contribution in [0.3, 0.4) is 0 Å². The quantitative estimate of drug-likeness (QED) is 0.605. The van der Waals surface area contributed by atoms with E-state index in [1.807, 2.05) is 0 Å². The van der Waals surface area contributed by atoms with Gasteiger partial charge in [-0.05, 0) is 18.5 Å². The van der Waals surface area contributed by atoms with Crippen LogP contribution in [0.1, 0.15) is 6.92 Å². The summed E-state index contributed by atoms with van der Waals surface area (Å²) in [5.74, 6) is -0.617. The zero-order chi connectivity index (χ0) is 8.48. The second-order valence-electron chi connectivity index (χ2n) is 2.75. The molecule has 0 aromatic heterocycles. The monoisotopic (exact) mass is 172 g/mol. The summed E-state index contributed by atoms with van der Waals surface area (Å²) in [5.41, 5.74) is -1.13. The molecule has 0 saturated carbocycles. The summed E-state index contributed by atoms with van der Waals surface area (Å²) in [6.07, 6.45) is 6.53. The zero-order valence-electron chi connectivity index (χ0n) is 6.12. The van der Waals surface area contributed by atoms with E-state index < -0.39 is 16.8 Å². The number of halogens is 1. The molecule has 2 nitrogen and oxygen atoms in total. The molecule has 1 aliphatic rings.